The highest BCUT2D eigenvalue weighted by Gasteiger charge is 2.30. The number of para-hydroxylation sites is 1. The number of aromatic hydroxyl groups is 1. The topological polar surface area (TPSA) is 157 Å². The summed E-state index contributed by atoms with van der Waals surface area (Å²) in [7, 11) is 1.60. The van der Waals surface area contributed by atoms with Gasteiger partial charge in [-0.15, -0.1) is 0 Å². The predicted octanol–water partition coefficient (Wildman–Crippen LogP) is 1.90. The highest BCUT2D eigenvalue weighted by molar-refractivity contribution is 6.01. The van der Waals surface area contributed by atoms with Gasteiger partial charge < -0.3 is 35.6 Å². The zero-order valence-electron chi connectivity index (χ0n) is 26.2. The molecule has 5 rings (SSSR count). The lowest BCUT2D eigenvalue weighted by Gasteiger charge is -2.27. The van der Waals surface area contributed by atoms with Crippen molar-refractivity contribution in [2.24, 2.45) is 0 Å². The molecule has 0 radical (unpaired) electrons. The average molecular weight is 642 g/mol. The van der Waals surface area contributed by atoms with E-state index in [0.717, 1.165) is 24.1 Å². The van der Waals surface area contributed by atoms with Crippen molar-refractivity contribution in [2.45, 2.75) is 50.9 Å². The van der Waals surface area contributed by atoms with Gasteiger partial charge in [0.05, 0.1) is 18.5 Å². The third-order valence-electron chi connectivity index (χ3n) is 8.22. The van der Waals surface area contributed by atoms with E-state index in [9.17, 15) is 29.1 Å². The molecular formula is C35H39N5O7. The fraction of sp³-hybridized carbons (Fsp3) is 0.343. The van der Waals surface area contributed by atoms with Crippen LogP contribution in [0.5, 0.6) is 11.5 Å². The Balaban J connectivity index is 1.34. The third-order valence-corrected chi connectivity index (χ3v) is 8.22. The molecule has 0 spiro atoms. The molecule has 3 aromatic carbocycles. The Kier molecular flexibility index (Phi) is 10.7. The second kappa shape index (κ2) is 15.3. The number of likely N-dealkylation sites (tertiary alicyclic amines) is 1. The number of nitrogens with one attached hydrogen (secondary N) is 3. The molecule has 2 atom stereocenters. The first-order valence-corrected chi connectivity index (χ1v) is 15.6. The monoisotopic (exact) mass is 641 g/mol. The van der Waals surface area contributed by atoms with Crippen LogP contribution >= 0.6 is 0 Å². The fourth-order valence-electron chi connectivity index (χ4n) is 5.64. The minimum absolute atomic E-state index is 0.0719. The lowest BCUT2D eigenvalue weighted by Crippen LogP contribution is -2.53. The van der Waals surface area contributed by atoms with Crippen LogP contribution in [0.25, 0.3) is 0 Å². The number of carbonyl (C=O) groups excluding carboxylic acids is 5. The minimum atomic E-state index is -1.27. The molecule has 2 heterocycles. The van der Waals surface area contributed by atoms with Crippen molar-refractivity contribution in [3.8, 4) is 11.5 Å². The van der Waals surface area contributed by atoms with Crippen LogP contribution < -0.4 is 20.7 Å². The van der Waals surface area contributed by atoms with Crippen LogP contribution in [0.2, 0.25) is 0 Å². The van der Waals surface area contributed by atoms with Crippen LogP contribution in [0.15, 0.2) is 72.8 Å². The molecule has 4 N–H and O–H groups in total. The maximum atomic E-state index is 13.6. The summed E-state index contributed by atoms with van der Waals surface area (Å²) in [5.74, 6) is -1.67. The van der Waals surface area contributed by atoms with Gasteiger partial charge in [0.2, 0.25) is 23.6 Å². The van der Waals surface area contributed by atoms with E-state index in [1.807, 2.05) is 24.3 Å². The molecule has 12 heteroatoms. The van der Waals surface area contributed by atoms with Crippen molar-refractivity contribution in [2.75, 3.05) is 26.7 Å². The van der Waals surface area contributed by atoms with Crippen molar-refractivity contribution in [3.63, 3.8) is 0 Å². The van der Waals surface area contributed by atoms with E-state index >= 15 is 0 Å². The molecule has 0 unspecified atom stereocenters. The molecule has 47 heavy (non-hydrogen) atoms. The SMILES string of the molecule is CN1CCOc2ccccc2C(=O)N[C@H](C(=O)NCc2cccc(CN3CCCC3=O)c2)CC(=O)N[C@@H](Cc2ccc(O)cc2)C1=O. The summed E-state index contributed by atoms with van der Waals surface area (Å²) in [4.78, 5) is 69.2. The van der Waals surface area contributed by atoms with Crippen molar-refractivity contribution in [1.29, 1.82) is 0 Å². The highest BCUT2D eigenvalue weighted by atomic mass is 16.5. The molecule has 0 saturated carbocycles. The Morgan fingerprint density at radius 3 is 2.47 bits per heavy atom. The van der Waals surface area contributed by atoms with Crippen LogP contribution in [-0.2, 0) is 38.7 Å². The van der Waals surface area contributed by atoms with Crippen molar-refractivity contribution in [1.82, 2.24) is 25.8 Å². The standard InChI is InChI=1S/C35H39N5O7/c1-39-16-17-47-30-9-3-2-8-27(30)33(44)38-28(20-31(42)37-29(35(39)46)19-23-11-13-26(41)14-12-23)34(45)36-21-24-6-4-7-25(18-24)22-40-15-5-10-32(40)43/h2-4,6-9,11-14,18,28-29,41H,5,10,15-17,19-22H2,1H3,(H,36,45)(H,37,42)(H,38,44)/t28-,29-/m0/s1. The number of hydrogen-bond acceptors (Lipinski definition) is 7. The van der Waals surface area contributed by atoms with Gasteiger partial charge in [-0.3, -0.25) is 24.0 Å². The number of rotatable bonds is 7. The summed E-state index contributed by atoms with van der Waals surface area (Å²) < 4.78 is 5.88. The highest BCUT2D eigenvalue weighted by Crippen LogP contribution is 2.20. The maximum absolute atomic E-state index is 13.6. The summed E-state index contributed by atoms with van der Waals surface area (Å²) in [6.45, 7) is 1.61. The number of carbonyl (C=O) groups is 5. The van der Waals surface area contributed by atoms with Gasteiger partial charge in [-0.25, -0.2) is 0 Å². The predicted molar refractivity (Wildman–Crippen MR) is 172 cm³/mol. The van der Waals surface area contributed by atoms with Gasteiger partial charge in [0.1, 0.15) is 30.2 Å². The normalized spacial score (nSPS) is 19.3. The molecule has 0 aromatic heterocycles. The van der Waals surface area contributed by atoms with E-state index in [-0.39, 0.29) is 55.0 Å². The zero-order chi connectivity index (χ0) is 33.3. The van der Waals surface area contributed by atoms with Crippen LogP contribution in [0, 0.1) is 0 Å². The van der Waals surface area contributed by atoms with Gasteiger partial charge in [0.25, 0.3) is 5.91 Å². The van der Waals surface area contributed by atoms with Gasteiger partial charge in [-0.2, -0.15) is 0 Å². The molecule has 0 aliphatic carbocycles. The first-order chi connectivity index (χ1) is 22.7. The quantitative estimate of drug-likeness (QED) is 0.307. The summed E-state index contributed by atoms with van der Waals surface area (Å²) in [6.07, 6.45) is 1.10. The summed E-state index contributed by atoms with van der Waals surface area (Å²) in [6, 6.07) is 18.2. The number of likely N-dealkylation sites (N-methyl/N-ethyl adjacent to an activating group) is 1. The average Bonchev–Trinajstić information content (AvgIpc) is 3.47. The fourth-order valence-corrected chi connectivity index (χ4v) is 5.64. The van der Waals surface area contributed by atoms with Crippen LogP contribution in [0.3, 0.4) is 0 Å². The molecule has 5 amide bonds. The van der Waals surface area contributed by atoms with Gasteiger partial charge in [0.15, 0.2) is 0 Å². The van der Waals surface area contributed by atoms with Crippen LogP contribution in [-0.4, -0.2) is 83.3 Å². The Labute approximate surface area is 273 Å². The lowest BCUT2D eigenvalue weighted by molar-refractivity contribution is -0.136. The molecule has 12 nitrogen and oxygen atoms in total. The number of benzene rings is 3. The molecule has 246 valence electrons. The molecule has 2 aliphatic heterocycles. The van der Waals surface area contributed by atoms with Gasteiger partial charge in [-0.05, 0) is 47.4 Å². The number of phenols is 1. The van der Waals surface area contributed by atoms with E-state index < -0.39 is 36.2 Å². The minimum Gasteiger partial charge on any atom is -0.508 e. The van der Waals surface area contributed by atoms with E-state index in [4.69, 9.17) is 4.74 Å². The second-order valence-electron chi connectivity index (χ2n) is 11.8. The molecule has 0 bridgehead atoms. The number of ether oxygens (including phenoxy) is 1. The number of fused-ring (bicyclic) bond motifs is 1. The Bertz CT molecular complexity index is 1630. The number of nitrogens with zero attached hydrogens (tertiary/aromatic N) is 2. The molecule has 3 aromatic rings. The third kappa shape index (κ3) is 8.87. The van der Waals surface area contributed by atoms with Crippen LogP contribution in [0.1, 0.15) is 46.3 Å². The summed E-state index contributed by atoms with van der Waals surface area (Å²) in [5, 5.41) is 18.0. The van der Waals surface area contributed by atoms with E-state index in [0.29, 0.717) is 18.5 Å². The van der Waals surface area contributed by atoms with Gasteiger partial charge >= 0.3 is 0 Å². The molecular weight excluding hydrogens is 602 g/mol. The first-order valence-electron chi connectivity index (χ1n) is 15.6. The molecule has 1 saturated heterocycles. The van der Waals surface area contributed by atoms with Crippen molar-refractivity contribution < 1.29 is 33.8 Å². The van der Waals surface area contributed by atoms with Crippen molar-refractivity contribution in [3.05, 3.63) is 95.1 Å². The lowest BCUT2D eigenvalue weighted by atomic mass is 10.0. The largest absolute Gasteiger partial charge is 0.508 e. The first kappa shape index (κ1) is 33.0. The van der Waals surface area contributed by atoms with Crippen molar-refractivity contribution >= 4 is 29.5 Å². The van der Waals surface area contributed by atoms with E-state index in [1.165, 1.54) is 17.0 Å². The van der Waals surface area contributed by atoms with Gasteiger partial charge in [-0.1, -0.05) is 48.5 Å². The Morgan fingerprint density at radius 2 is 1.70 bits per heavy atom. The number of amides is 5. The Hall–Kier alpha value is -5.39. The smallest absolute Gasteiger partial charge is 0.255 e. The van der Waals surface area contributed by atoms with E-state index in [2.05, 4.69) is 16.0 Å². The number of phenolic OH excluding ortho intramolecular Hbond substituents is 1. The van der Waals surface area contributed by atoms with E-state index in [1.54, 1.807) is 48.3 Å². The van der Waals surface area contributed by atoms with Crippen LogP contribution in [0.4, 0.5) is 0 Å². The molecule has 2 aliphatic rings. The second-order valence-corrected chi connectivity index (χ2v) is 11.8. The van der Waals surface area contributed by atoms with Gasteiger partial charge in [0, 0.05) is 39.5 Å². The Morgan fingerprint density at radius 1 is 0.936 bits per heavy atom. The molecule has 1 fully saturated rings. The number of hydrogen-bond donors (Lipinski definition) is 4. The zero-order valence-corrected chi connectivity index (χ0v) is 26.2. The maximum Gasteiger partial charge on any atom is 0.255 e. The summed E-state index contributed by atoms with van der Waals surface area (Å²) >= 11 is 0. The summed E-state index contributed by atoms with van der Waals surface area (Å²) in [5.41, 5.74) is 2.62.